The van der Waals surface area contributed by atoms with E-state index in [2.05, 4.69) is 0 Å². The highest BCUT2D eigenvalue weighted by molar-refractivity contribution is 6.64. The molecule has 1 fully saturated rings. The number of nitrogen functional groups attached to an aromatic ring is 1. The highest BCUT2D eigenvalue weighted by atomic mass is 19.4. The molecule has 1 aliphatic heterocycles. The van der Waals surface area contributed by atoms with Crippen molar-refractivity contribution in [2.75, 3.05) is 5.73 Å². The molecule has 0 saturated carbocycles. The zero-order chi connectivity index (χ0) is 17.8. The van der Waals surface area contributed by atoms with Gasteiger partial charge < -0.3 is 15.0 Å². The van der Waals surface area contributed by atoms with Gasteiger partial charge in [0, 0.05) is 17.2 Å². The summed E-state index contributed by atoms with van der Waals surface area (Å²) < 4.78 is 50.1. The lowest BCUT2D eigenvalue weighted by atomic mass is 9.77. The zero-order valence-electron chi connectivity index (χ0n) is 13.0. The Bertz CT molecular complexity index is 645. The Kier molecular flexibility index (Phi) is 3.89. The predicted molar refractivity (Wildman–Crippen MR) is 78.2 cm³/mol. The van der Waals surface area contributed by atoms with E-state index in [4.69, 9.17) is 15.0 Å². The van der Waals surface area contributed by atoms with Crippen molar-refractivity contribution in [2.45, 2.75) is 45.1 Å². The molecule has 0 bridgehead atoms. The number of nitrogens with two attached hydrogens (primary N) is 1. The van der Waals surface area contributed by atoms with Gasteiger partial charge in [0.15, 0.2) is 0 Å². The van der Waals surface area contributed by atoms with Crippen molar-refractivity contribution in [3.8, 4) is 0 Å². The van der Waals surface area contributed by atoms with Crippen LogP contribution < -0.4 is 11.2 Å². The van der Waals surface area contributed by atoms with Gasteiger partial charge in [-0.15, -0.1) is 0 Å². The minimum absolute atomic E-state index is 0.00310. The molecule has 1 aromatic rings. The number of nitro benzene ring substituents is 1. The fraction of sp³-hybridized carbons (Fsp3) is 0.538. The zero-order valence-corrected chi connectivity index (χ0v) is 13.0. The second-order valence-electron chi connectivity index (χ2n) is 6.34. The van der Waals surface area contributed by atoms with Crippen LogP contribution in [0.5, 0.6) is 0 Å². The fourth-order valence-corrected chi connectivity index (χ4v) is 2.17. The van der Waals surface area contributed by atoms with E-state index < -0.39 is 40.7 Å². The number of hydrogen-bond acceptors (Lipinski definition) is 5. The van der Waals surface area contributed by atoms with Crippen LogP contribution in [0.2, 0.25) is 0 Å². The number of alkyl halides is 3. The summed E-state index contributed by atoms with van der Waals surface area (Å²) in [5, 5.41) is 11.0. The number of hydrogen-bond donors (Lipinski definition) is 1. The first-order valence-corrected chi connectivity index (χ1v) is 6.77. The van der Waals surface area contributed by atoms with Crippen LogP contribution in [0.3, 0.4) is 0 Å². The first-order valence-electron chi connectivity index (χ1n) is 6.77. The maximum Gasteiger partial charge on any atom is 0.497 e. The van der Waals surface area contributed by atoms with Gasteiger partial charge in [0.05, 0.1) is 16.1 Å². The standard InChI is InChI=1S/C13H16BF3N2O4/c1-11(2)12(3,4)23-14(22-11)8-6-10(19(20)21)7(5-9(8)18)13(15,16)17/h5-6H,18H2,1-4H3. The van der Waals surface area contributed by atoms with Crippen LogP contribution in [0.4, 0.5) is 24.5 Å². The average molecular weight is 332 g/mol. The number of nitrogens with zero attached hydrogens (tertiary/aromatic N) is 1. The summed E-state index contributed by atoms with van der Waals surface area (Å²) in [6, 6.07) is 1.30. The third kappa shape index (κ3) is 3.00. The Labute approximate surface area is 131 Å². The second kappa shape index (κ2) is 5.10. The van der Waals surface area contributed by atoms with E-state index in [9.17, 15) is 23.3 Å². The molecule has 1 aliphatic rings. The molecule has 0 aromatic heterocycles. The molecule has 1 saturated heterocycles. The Balaban J connectivity index is 2.54. The molecule has 1 aromatic carbocycles. The second-order valence-corrected chi connectivity index (χ2v) is 6.34. The van der Waals surface area contributed by atoms with Gasteiger partial charge in [0.1, 0.15) is 5.56 Å². The van der Waals surface area contributed by atoms with Gasteiger partial charge in [-0.05, 0) is 33.8 Å². The minimum Gasteiger partial charge on any atom is -0.399 e. The minimum atomic E-state index is -4.88. The number of rotatable bonds is 2. The highest BCUT2D eigenvalue weighted by Crippen LogP contribution is 2.39. The van der Waals surface area contributed by atoms with Crippen molar-refractivity contribution in [3.63, 3.8) is 0 Å². The SMILES string of the molecule is CC1(C)OB(c2cc([N+](=O)[O-])c(C(F)(F)F)cc2N)OC1(C)C. The van der Waals surface area contributed by atoms with Crippen LogP contribution >= 0.6 is 0 Å². The Morgan fingerprint density at radius 2 is 1.65 bits per heavy atom. The number of nitro groups is 1. The molecule has 0 atom stereocenters. The van der Waals surface area contributed by atoms with Crippen molar-refractivity contribution in [2.24, 2.45) is 0 Å². The highest BCUT2D eigenvalue weighted by Gasteiger charge is 2.53. The van der Waals surface area contributed by atoms with Gasteiger partial charge in [-0.1, -0.05) is 0 Å². The van der Waals surface area contributed by atoms with E-state index in [1.807, 2.05) is 0 Å². The topological polar surface area (TPSA) is 87.6 Å². The van der Waals surface area contributed by atoms with Gasteiger partial charge in [0.2, 0.25) is 0 Å². The molecule has 126 valence electrons. The maximum atomic E-state index is 12.9. The van der Waals surface area contributed by atoms with Crippen molar-refractivity contribution in [1.29, 1.82) is 0 Å². The quantitative estimate of drug-likeness (QED) is 0.389. The largest absolute Gasteiger partial charge is 0.497 e. The third-order valence-corrected chi connectivity index (χ3v) is 4.21. The predicted octanol–water partition coefficient (Wildman–Crippen LogP) is 2.50. The van der Waals surface area contributed by atoms with Crippen molar-refractivity contribution in [1.82, 2.24) is 0 Å². The van der Waals surface area contributed by atoms with E-state index in [1.54, 1.807) is 27.7 Å². The molecule has 0 radical (unpaired) electrons. The first-order chi connectivity index (χ1) is 10.3. The molecule has 6 nitrogen and oxygen atoms in total. The normalized spacial score (nSPS) is 19.9. The Morgan fingerprint density at radius 1 is 1.17 bits per heavy atom. The Hall–Kier alpha value is -1.81. The third-order valence-electron chi connectivity index (χ3n) is 4.21. The van der Waals surface area contributed by atoms with Gasteiger partial charge in [-0.2, -0.15) is 13.2 Å². The summed E-state index contributed by atoms with van der Waals surface area (Å²) in [6.45, 7) is 7.01. The molecule has 0 spiro atoms. The number of anilines is 1. The van der Waals surface area contributed by atoms with Gasteiger partial charge in [-0.3, -0.25) is 10.1 Å². The molecular formula is C13H16BF3N2O4. The van der Waals surface area contributed by atoms with Crippen LogP contribution in [-0.2, 0) is 15.5 Å². The van der Waals surface area contributed by atoms with Crippen LogP contribution in [0.1, 0.15) is 33.3 Å². The lowest BCUT2D eigenvalue weighted by molar-refractivity contribution is -0.388. The van der Waals surface area contributed by atoms with E-state index in [0.717, 1.165) is 6.07 Å². The number of benzene rings is 1. The smallest absolute Gasteiger partial charge is 0.399 e. The first kappa shape index (κ1) is 17.5. The summed E-state index contributed by atoms with van der Waals surface area (Å²) >= 11 is 0. The summed E-state index contributed by atoms with van der Waals surface area (Å²) in [5.74, 6) is 0. The average Bonchev–Trinajstić information content (AvgIpc) is 2.56. The fourth-order valence-electron chi connectivity index (χ4n) is 2.17. The van der Waals surface area contributed by atoms with Gasteiger partial charge in [-0.25, -0.2) is 0 Å². The van der Waals surface area contributed by atoms with E-state index in [1.165, 1.54) is 0 Å². The lowest BCUT2D eigenvalue weighted by Gasteiger charge is -2.32. The summed E-state index contributed by atoms with van der Waals surface area (Å²) in [4.78, 5) is 9.88. The molecule has 0 aliphatic carbocycles. The summed E-state index contributed by atoms with van der Waals surface area (Å²) in [5.41, 5.74) is 1.40. The summed E-state index contributed by atoms with van der Waals surface area (Å²) in [7, 11) is -1.08. The molecule has 23 heavy (non-hydrogen) atoms. The van der Waals surface area contributed by atoms with E-state index >= 15 is 0 Å². The molecule has 1 heterocycles. The molecular weight excluding hydrogens is 316 g/mol. The monoisotopic (exact) mass is 332 g/mol. The molecule has 2 N–H and O–H groups in total. The van der Waals surface area contributed by atoms with E-state index in [0.29, 0.717) is 6.07 Å². The van der Waals surface area contributed by atoms with Gasteiger partial charge in [0.25, 0.3) is 5.69 Å². The maximum absolute atomic E-state index is 12.9. The van der Waals surface area contributed by atoms with Crippen molar-refractivity contribution >= 4 is 24.0 Å². The van der Waals surface area contributed by atoms with Gasteiger partial charge >= 0.3 is 13.3 Å². The summed E-state index contributed by atoms with van der Waals surface area (Å²) in [6.07, 6.45) is -4.88. The van der Waals surface area contributed by atoms with Crippen molar-refractivity contribution < 1.29 is 27.4 Å². The van der Waals surface area contributed by atoms with Crippen molar-refractivity contribution in [3.05, 3.63) is 27.8 Å². The van der Waals surface area contributed by atoms with Crippen LogP contribution in [0.15, 0.2) is 12.1 Å². The molecule has 0 unspecified atom stereocenters. The molecule has 0 amide bonds. The van der Waals surface area contributed by atoms with Crippen LogP contribution in [-0.4, -0.2) is 23.2 Å². The van der Waals surface area contributed by atoms with Crippen LogP contribution in [0, 0.1) is 10.1 Å². The molecule has 2 rings (SSSR count). The lowest BCUT2D eigenvalue weighted by Crippen LogP contribution is -2.41. The van der Waals surface area contributed by atoms with Crippen LogP contribution in [0.25, 0.3) is 0 Å². The Morgan fingerprint density at radius 3 is 2.04 bits per heavy atom. The molecule has 10 heteroatoms. The number of halogens is 3. The van der Waals surface area contributed by atoms with E-state index in [-0.39, 0.29) is 11.2 Å².